The number of benzene rings is 4. The largest absolute Gasteiger partial charge is 0.497 e. The van der Waals surface area contributed by atoms with Crippen LogP contribution in [0.15, 0.2) is 100 Å². The van der Waals surface area contributed by atoms with Gasteiger partial charge in [0, 0.05) is 16.6 Å². The third-order valence-electron chi connectivity index (χ3n) is 6.33. The summed E-state index contributed by atoms with van der Waals surface area (Å²) in [4.78, 5) is 39.6. The summed E-state index contributed by atoms with van der Waals surface area (Å²) in [5.74, 6) is -0.246. The zero-order valence-corrected chi connectivity index (χ0v) is 24.1. The first kappa shape index (κ1) is 28.1. The molecule has 1 N–H and O–H groups in total. The van der Waals surface area contributed by atoms with Crippen LogP contribution in [0.5, 0.6) is 17.2 Å². The molecule has 0 radical (unpaired) electrons. The molecular weight excluding hydrogens is 612 g/mol. The molecule has 5 rings (SSSR count). The number of anilines is 2. The predicted molar refractivity (Wildman–Crippen MR) is 157 cm³/mol. The Kier molecular flexibility index (Phi) is 7.91. The molecule has 0 saturated carbocycles. The van der Waals surface area contributed by atoms with E-state index in [2.05, 4.69) is 21.2 Å². The zero-order valence-electron chi connectivity index (χ0n) is 21.7. The quantitative estimate of drug-likeness (QED) is 0.229. The van der Waals surface area contributed by atoms with Gasteiger partial charge in [-0.2, -0.15) is 0 Å². The molecule has 1 aliphatic rings. The van der Waals surface area contributed by atoms with Crippen LogP contribution in [0.3, 0.4) is 0 Å². The Morgan fingerprint density at radius 2 is 1.41 bits per heavy atom. The number of fused-ring (bicyclic) bond motifs is 1. The van der Waals surface area contributed by atoms with E-state index in [1.807, 2.05) is 0 Å². The van der Waals surface area contributed by atoms with E-state index in [0.717, 1.165) is 9.37 Å². The van der Waals surface area contributed by atoms with Gasteiger partial charge >= 0.3 is 0 Å². The van der Waals surface area contributed by atoms with Crippen LogP contribution in [0, 0.1) is 0 Å². The molecule has 0 aliphatic carbocycles. The summed E-state index contributed by atoms with van der Waals surface area (Å²) in [5, 5.41) is 2.68. The Balaban J connectivity index is 1.20. The second kappa shape index (κ2) is 11.6. The fourth-order valence-corrected chi connectivity index (χ4v) is 5.71. The average molecular weight is 635 g/mol. The lowest BCUT2D eigenvalue weighted by Crippen LogP contribution is -2.29. The van der Waals surface area contributed by atoms with Crippen molar-refractivity contribution in [1.82, 2.24) is 0 Å². The lowest BCUT2D eigenvalue weighted by molar-refractivity contribution is -0.115. The van der Waals surface area contributed by atoms with E-state index in [4.69, 9.17) is 9.47 Å². The summed E-state index contributed by atoms with van der Waals surface area (Å²) in [5.41, 5.74) is 1.40. The van der Waals surface area contributed by atoms with Gasteiger partial charge in [-0.3, -0.25) is 14.4 Å². The normalized spacial score (nSPS) is 12.7. The topological polar surface area (TPSA) is 119 Å². The number of methoxy groups -OCH3 is 1. The summed E-state index contributed by atoms with van der Waals surface area (Å²) in [6.07, 6.45) is -0.202. The fraction of sp³-hybridized carbons (Fsp3) is 0.100. The van der Waals surface area contributed by atoms with E-state index in [-0.39, 0.29) is 28.2 Å². The summed E-state index contributed by atoms with van der Waals surface area (Å²) >= 11 is 3.27. The van der Waals surface area contributed by atoms with Gasteiger partial charge in [0.05, 0.1) is 34.6 Å². The number of rotatable bonds is 9. The highest BCUT2D eigenvalue weighted by Gasteiger charge is 2.37. The molecule has 4 aromatic rings. The number of ether oxygens (including phenoxy) is 2. The van der Waals surface area contributed by atoms with Crippen molar-refractivity contribution in [2.45, 2.75) is 11.3 Å². The van der Waals surface area contributed by atoms with Crippen molar-refractivity contribution in [1.29, 1.82) is 0 Å². The molecule has 9 nitrogen and oxygen atoms in total. The number of nitrogens with zero attached hydrogens (tertiary/aromatic N) is 1. The average Bonchev–Trinajstić information content (AvgIpc) is 3.22. The monoisotopic (exact) mass is 634 g/mol. The summed E-state index contributed by atoms with van der Waals surface area (Å²) in [7, 11) is -2.06. The maximum Gasteiger partial charge on any atom is 0.266 e. The number of hydrogen-bond acceptors (Lipinski definition) is 7. The third kappa shape index (κ3) is 6.16. The molecule has 41 heavy (non-hydrogen) atoms. The summed E-state index contributed by atoms with van der Waals surface area (Å²) in [6.45, 7) is 0. The first-order valence-corrected chi connectivity index (χ1v) is 14.8. The van der Waals surface area contributed by atoms with Gasteiger partial charge in [0.25, 0.3) is 11.8 Å². The predicted octanol–water partition coefficient (Wildman–Crippen LogP) is 5.85. The van der Waals surface area contributed by atoms with E-state index in [0.29, 0.717) is 28.6 Å². The van der Waals surface area contributed by atoms with Crippen molar-refractivity contribution in [2.24, 2.45) is 0 Å². The molecule has 0 aromatic heterocycles. The molecule has 0 saturated heterocycles. The number of carbonyl (C=O) groups is 3. The van der Waals surface area contributed by atoms with Crippen LogP contribution in [0.1, 0.15) is 27.1 Å². The van der Waals surface area contributed by atoms with Crippen LogP contribution < -0.4 is 19.7 Å². The van der Waals surface area contributed by atoms with Crippen LogP contribution in [0.25, 0.3) is 0 Å². The molecule has 0 spiro atoms. The molecule has 1 aliphatic heterocycles. The maximum atomic E-state index is 13.1. The molecular formula is C30H23BrN2O7S. The standard InChI is InChI=1S/C30H23BrN2O7S/c1-39-22-10-6-21(7-11-22)33-29(35)26-15-12-24(18-27(26)30(33)36)40-23-8-4-20(5-9-23)32-28(34)16-17-41(37,38)25-13-2-19(31)3-14-25/h2-15,18H,16-17H2,1H3,(H,32,34). The second-order valence-corrected chi connectivity index (χ2v) is 12.1. The van der Waals surface area contributed by atoms with Crippen molar-refractivity contribution < 1.29 is 32.3 Å². The van der Waals surface area contributed by atoms with Crippen molar-refractivity contribution in [3.8, 4) is 17.2 Å². The SMILES string of the molecule is COc1ccc(N2C(=O)c3ccc(Oc4ccc(NC(=O)CCS(=O)(=O)c5ccc(Br)cc5)cc4)cc3C2=O)cc1. The number of sulfone groups is 1. The Morgan fingerprint density at radius 3 is 2.07 bits per heavy atom. The van der Waals surface area contributed by atoms with Crippen molar-refractivity contribution in [3.05, 3.63) is 107 Å². The molecule has 208 valence electrons. The molecule has 11 heteroatoms. The smallest absolute Gasteiger partial charge is 0.266 e. The van der Waals surface area contributed by atoms with Crippen molar-refractivity contribution >= 4 is 54.9 Å². The highest BCUT2D eigenvalue weighted by molar-refractivity contribution is 9.10. The van der Waals surface area contributed by atoms with E-state index in [1.165, 1.54) is 25.3 Å². The van der Waals surface area contributed by atoms with Crippen LogP contribution >= 0.6 is 15.9 Å². The number of amides is 3. The number of imide groups is 1. The number of carbonyl (C=O) groups excluding carboxylic acids is 3. The molecule has 0 bridgehead atoms. The van der Waals surface area contributed by atoms with Gasteiger partial charge in [-0.15, -0.1) is 0 Å². The molecule has 0 fully saturated rings. The van der Waals surface area contributed by atoms with Gasteiger partial charge in [-0.25, -0.2) is 13.3 Å². The summed E-state index contributed by atoms with van der Waals surface area (Å²) in [6, 6.07) is 24.0. The zero-order chi connectivity index (χ0) is 29.1. The number of nitrogens with one attached hydrogen (secondary N) is 1. The van der Waals surface area contributed by atoms with E-state index in [1.54, 1.807) is 72.8 Å². The van der Waals surface area contributed by atoms with Crippen LogP contribution in [-0.4, -0.2) is 39.0 Å². The first-order valence-electron chi connectivity index (χ1n) is 12.4. The number of halogens is 1. The minimum atomic E-state index is -3.59. The molecule has 0 unspecified atom stereocenters. The van der Waals surface area contributed by atoms with Crippen LogP contribution in [0.2, 0.25) is 0 Å². The van der Waals surface area contributed by atoms with Crippen molar-refractivity contribution in [3.63, 3.8) is 0 Å². The Morgan fingerprint density at radius 1 is 0.805 bits per heavy atom. The lowest BCUT2D eigenvalue weighted by atomic mass is 10.1. The lowest BCUT2D eigenvalue weighted by Gasteiger charge is -2.14. The minimum Gasteiger partial charge on any atom is -0.497 e. The number of hydrogen-bond donors (Lipinski definition) is 1. The molecule has 1 heterocycles. The Hall–Kier alpha value is -4.48. The summed E-state index contributed by atoms with van der Waals surface area (Å²) < 4.78 is 36.7. The van der Waals surface area contributed by atoms with Crippen LogP contribution in [-0.2, 0) is 14.6 Å². The Bertz CT molecular complexity index is 1740. The van der Waals surface area contributed by atoms with Gasteiger partial charge in [0.2, 0.25) is 5.91 Å². The fourth-order valence-electron chi connectivity index (χ4n) is 4.20. The van der Waals surface area contributed by atoms with Gasteiger partial charge in [0.15, 0.2) is 9.84 Å². The van der Waals surface area contributed by atoms with E-state index in [9.17, 15) is 22.8 Å². The molecule has 4 aromatic carbocycles. The highest BCUT2D eigenvalue weighted by atomic mass is 79.9. The van der Waals surface area contributed by atoms with Crippen LogP contribution in [0.4, 0.5) is 11.4 Å². The van der Waals surface area contributed by atoms with Crippen molar-refractivity contribution in [2.75, 3.05) is 23.1 Å². The van der Waals surface area contributed by atoms with Gasteiger partial charge < -0.3 is 14.8 Å². The first-order chi connectivity index (χ1) is 19.6. The van der Waals surface area contributed by atoms with Gasteiger partial charge in [0.1, 0.15) is 17.2 Å². The molecule has 0 atom stereocenters. The maximum absolute atomic E-state index is 13.1. The third-order valence-corrected chi connectivity index (χ3v) is 8.59. The Labute approximate surface area is 244 Å². The molecule has 3 amide bonds. The van der Waals surface area contributed by atoms with Gasteiger partial charge in [-0.05, 0) is 91.0 Å². The van der Waals surface area contributed by atoms with E-state index >= 15 is 0 Å². The van der Waals surface area contributed by atoms with Gasteiger partial charge in [-0.1, -0.05) is 15.9 Å². The highest BCUT2D eigenvalue weighted by Crippen LogP contribution is 2.33. The van der Waals surface area contributed by atoms with E-state index < -0.39 is 27.6 Å². The second-order valence-electron chi connectivity index (χ2n) is 9.05. The minimum absolute atomic E-state index is 0.154.